The van der Waals surface area contributed by atoms with Gasteiger partial charge in [-0.2, -0.15) is 0 Å². The van der Waals surface area contributed by atoms with Crippen LogP contribution in [0.2, 0.25) is 0 Å². The zero-order chi connectivity index (χ0) is 9.14. The van der Waals surface area contributed by atoms with Crippen LogP contribution in [0.3, 0.4) is 0 Å². The predicted octanol–water partition coefficient (Wildman–Crippen LogP) is -1.53. The van der Waals surface area contributed by atoms with Gasteiger partial charge in [-0.15, -0.1) is 0 Å². The van der Waals surface area contributed by atoms with Crippen LogP contribution in [-0.2, 0) is 9.59 Å². The van der Waals surface area contributed by atoms with Gasteiger partial charge in [-0.1, -0.05) is 0 Å². The van der Waals surface area contributed by atoms with Crippen LogP contribution in [0.25, 0.3) is 0 Å². The largest absolute Gasteiger partial charge is 0.391 e. The second-order valence-electron chi connectivity index (χ2n) is 2.47. The zero-order valence-corrected chi connectivity index (χ0v) is 6.81. The normalized spacial score (nSPS) is 17.2. The maximum Gasteiger partial charge on any atom is 0.258 e. The molecule has 1 rings (SSSR count). The summed E-state index contributed by atoms with van der Waals surface area (Å²) in [5.41, 5.74) is 5.69. The van der Waals surface area contributed by atoms with E-state index in [-0.39, 0.29) is 5.57 Å². The average molecular weight is 169 g/mol. The topological polar surface area (TPSA) is 84.2 Å². The molecule has 0 saturated heterocycles. The summed E-state index contributed by atoms with van der Waals surface area (Å²) >= 11 is 0. The third-order valence-electron chi connectivity index (χ3n) is 1.74. The third kappa shape index (κ3) is 1.39. The first kappa shape index (κ1) is 8.58. The smallest absolute Gasteiger partial charge is 0.258 e. The average Bonchev–Trinajstić information content (AvgIpc) is 2.03. The van der Waals surface area contributed by atoms with Gasteiger partial charge in [0.2, 0.25) is 0 Å². The Balaban J connectivity index is 3.03. The molecule has 0 radical (unpaired) electrons. The number of nitrogens with two attached hydrogens (primary N) is 1. The molecule has 0 saturated carbocycles. The predicted molar refractivity (Wildman–Crippen MR) is 42.9 cm³/mol. The lowest BCUT2D eigenvalue weighted by atomic mass is 10.1. The number of carbonyl (C=O) groups is 2. The minimum atomic E-state index is -0.684. The molecule has 5 heteroatoms. The number of primary amides is 1. The molecule has 1 aliphatic rings. The molecule has 12 heavy (non-hydrogen) atoms. The highest BCUT2D eigenvalue weighted by Gasteiger charge is 2.23. The maximum absolute atomic E-state index is 11.1. The van der Waals surface area contributed by atoms with Gasteiger partial charge in [0.1, 0.15) is 5.57 Å². The molecule has 0 fully saturated rings. The summed E-state index contributed by atoms with van der Waals surface area (Å²) in [6.45, 7) is 0.547. The zero-order valence-electron chi connectivity index (χ0n) is 6.81. The second kappa shape index (κ2) is 3.25. The van der Waals surface area contributed by atoms with Crippen molar-refractivity contribution in [3.05, 3.63) is 11.3 Å². The second-order valence-corrected chi connectivity index (χ2v) is 2.47. The van der Waals surface area contributed by atoms with E-state index in [1.54, 1.807) is 7.05 Å². The van der Waals surface area contributed by atoms with Crippen molar-refractivity contribution < 1.29 is 9.59 Å². The van der Waals surface area contributed by atoms with Crippen LogP contribution in [0, 0.1) is 0 Å². The van der Waals surface area contributed by atoms with Gasteiger partial charge in [0.25, 0.3) is 11.8 Å². The van der Waals surface area contributed by atoms with E-state index in [2.05, 4.69) is 10.6 Å². The van der Waals surface area contributed by atoms with Crippen molar-refractivity contribution >= 4 is 11.8 Å². The number of amides is 2. The highest BCUT2D eigenvalue weighted by atomic mass is 16.2. The van der Waals surface area contributed by atoms with Crippen molar-refractivity contribution in [2.75, 3.05) is 13.6 Å². The van der Waals surface area contributed by atoms with Gasteiger partial charge in [-0.05, 0) is 0 Å². The first-order valence-corrected chi connectivity index (χ1v) is 3.65. The summed E-state index contributed by atoms with van der Waals surface area (Å²) in [6.07, 6.45) is 0.626. The lowest BCUT2D eigenvalue weighted by Gasteiger charge is -2.17. The number of carbonyl (C=O) groups excluding carboxylic acids is 2. The van der Waals surface area contributed by atoms with Gasteiger partial charge in [0, 0.05) is 25.7 Å². The maximum atomic E-state index is 11.1. The summed E-state index contributed by atoms with van der Waals surface area (Å²) in [6, 6.07) is 0. The van der Waals surface area contributed by atoms with Crippen LogP contribution < -0.4 is 16.4 Å². The molecule has 4 N–H and O–H groups in total. The third-order valence-corrected chi connectivity index (χ3v) is 1.74. The molecular weight excluding hydrogens is 158 g/mol. The summed E-state index contributed by atoms with van der Waals surface area (Å²) in [5, 5.41) is 5.32. The number of rotatable bonds is 2. The van der Waals surface area contributed by atoms with Gasteiger partial charge in [0.05, 0.1) is 0 Å². The quantitative estimate of drug-likeness (QED) is 0.438. The van der Waals surface area contributed by atoms with Gasteiger partial charge >= 0.3 is 0 Å². The summed E-state index contributed by atoms with van der Waals surface area (Å²) in [5.74, 6) is -1.07. The summed E-state index contributed by atoms with van der Waals surface area (Å²) < 4.78 is 0. The summed E-state index contributed by atoms with van der Waals surface area (Å²) in [4.78, 5) is 21.9. The van der Waals surface area contributed by atoms with Crippen LogP contribution >= 0.6 is 0 Å². The lowest BCUT2D eigenvalue weighted by molar-refractivity contribution is -0.122. The van der Waals surface area contributed by atoms with E-state index in [9.17, 15) is 9.59 Å². The molecule has 0 aromatic carbocycles. The molecule has 1 heterocycles. The number of hydrogen-bond acceptors (Lipinski definition) is 3. The van der Waals surface area contributed by atoms with E-state index in [1.807, 2.05) is 0 Å². The fourth-order valence-electron chi connectivity index (χ4n) is 1.16. The molecule has 0 unspecified atom stereocenters. The van der Waals surface area contributed by atoms with E-state index in [0.29, 0.717) is 18.7 Å². The highest BCUT2D eigenvalue weighted by Crippen LogP contribution is 2.09. The Morgan fingerprint density at radius 1 is 1.67 bits per heavy atom. The Kier molecular flexibility index (Phi) is 2.32. The molecule has 2 amide bonds. The fourth-order valence-corrected chi connectivity index (χ4v) is 1.16. The van der Waals surface area contributed by atoms with Crippen molar-refractivity contribution in [1.29, 1.82) is 0 Å². The van der Waals surface area contributed by atoms with Gasteiger partial charge < -0.3 is 16.4 Å². The minimum Gasteiger partial charge on any atom is -0.391 e. The first-order valence-electron chi connectivity index (χ1n) is 3.65. The minimum absolute atomic E-state index is 0.0451. The molecule has 1 aliphatic heterocycles. The van der Waals surface area contributed by atoms with Crippen molar-refractivity contribution in [1.82, 2.24) is 10.6 Å². The van der Waals surface area contributed by atoms with E-state index in [4.69, 9.17) is 5.73 Å². The Labute approximate surface area is 70.0 Å². The van der Waals surface area contributed by atoms with Crippen molar-refractivity contribution in [3.8, 4) is 0 Å². The SMILES string of the molecule is CNC1=C(C(N)=O)C(=O)NCC1. The van der Waals surface area contributed by atoms with E-state index in [1.165, 1.54) is 0 Å². The van der Waals surface area contributed by atoms with Crippen LogP contribution in [0.1, 0.15) is 6.42 Å². The molecule has 0 spiro atoms. The van der Waals surface area contributed by atoms with Gasteiger partial charge in [-0.3, -0.25) is 9.59 Å². The van der Waals surface area contributed by atoms with Crippen molar-refractivity contribution in [2.45, 2.75) is 6.42 Å². The van der Waals surface area contributed by atoms with Crippen LogP contribution in [-0.4, -0.2) is 25.4 Å². The van der Waals surface area contributed by atoms with Crippen LogP contribution in [0.5, 0.6) is 0 Å². The molecule has 0 aliphatic carbocycles. The molecular formula is C7H11N3O2. The van der Waals surface area contributed by atoms with Crippen molar-refractivity contribution in [3.63, 3.8) is 0 Å². The number of hydrogen-bond donors (Lipinski definition) is 3. The summed E-state index contributed by atoms with van der Waals surface area (Å²) in [7, 11) is 1.66. The van der Waals surface area contributed by atoms with Crippen LogP contribution in [0.4, 0.5) is 0 Å². The number of nitrogens with one attached hydrogen (secondary N) is 2. The molecule has 0 aromatic heterocycles. The standard InChI is InChI=1S/C7H11N3O2/c1-9-4-2-3-10-7(12)5(4)6(8)11/h9H,2-3H2,1H3,(H2,8,11)(H,10,12). The molecule has 0 bridgehead atoms. The Morgan fingerprint density at radius 3 is 2.75 bits per heavy atom. The molecule has 66 valence electrons. The van der Waals surface area contributed by atoms with Gasteiger partial charge in [-0.25, -0.2) is 0 Å². The van der Waals surface area contributed by atoms with Crippen LogP contribution in [0.15, 0.2) is 11.3 Å². The van der Waals surface area contributed by atoms with E-state index in [0.717, 1.165) is 0 Å². The Bertz CT molecular complexity index is 257. The van der Waals surface area contributed by atoms with Gasteiger partial charge in [0.15, 0.2) is 0 Å². The molecule has 0 aromatic rings. The van der Waals surface area contributed by atoms with E-state index >= 15 is 0 Å². The van der Waals surface area contributed by atoms with Crippen molar-refractivity contribution in [2.24, 2.45) is 5.73 Å². The van der Waals surface area contributed by atoms with E-state index < -0.39 is 11.8 Å². The fraction of sp³-hybridized carbons (Fsp3) is 0.429. The lowest BCUT2D eigenvalue weighted by Crippen LogP contribution is -2.39. The molecule has 0 atom stereocenters. The highest BCUT2D eigenvalue weighted by molar-refractivity contribution is 6.18. The first-order chi connectivity index (χ1) is 5.66. The molecule has 5 nitrogen and oxygen atoms in total. The Morgan fingerprint density at radius 2 is 2.33 bits per heavy atom. The monoisotopic (exact) mass is 169 g/mol. The Hall–Kier alpha value is -1.52.